The number of fused-ring (bicyclic) bond motifs is 1. The van der Waals surface area contributed by atoms with Crippen molar-refractivity contribution in [3.05, 3.63) is 47.7 Å². The lowest BCUT2D eigenvalue weighted by Crippen LogP contribution is -2.02. The van der Waals surface area contributed by atoms with Crippen molar-refractivity contribution in [1.29, 1.82) is 0 Å². The number of hydrogen-bond donors (Lipinski definition) is 0. The number of aromatic nitrogens is 1. The van der Waals surface area contributed by atoms with Crippen LogP contribution in [0.2, 0.25) is 0 Å². The predicted octanol–water partition coefficient (Wildman–Crippen LogP) is 4.28. The quantitative estimate of drug-likeness (QED) is 0.759. The Balaban J connectivity index is 2.26. The number of allylic oxidation sites excluding steroid dienone is 1. The standard InChI is InChI=1S/C17H20N2/c1-12(2)19-11-15(16-6-4-5-9-18-16)14-10-13(3)7-8-17(14)19/h4,6-8,10-12H,5,9H2,1-3H3. The van der Waals surface area contributed by atoms with Crippen LogP contribution in [0.4, 0.5) is 0 Å². The fourth-order valence-corrected chi connectivity index (χ4v) is 2.68. The molecular formula is C17H20N2. The average Bonchev–Trinajstić information content (AvgIpc) is 2.78. The molecule has 0 fully saturated rings. The van der Waals surface area contributed by atoms with Crippen LogP contribution in [0.5, 0.6) is 0 Å². The van der Waals surface area contributed by atoms with Crippen molar-refractivity contribution in [1.82, 2.24) is 4.57 Å². The third-order valence-corrected chi connectivity index (χ3v) is 3.67. The predicted molar refractivity (Wildman–Crippen MR) is 82.2 cm³/mol. The second kappa shape index (κ2) is 4.69. The first-order valence-electron chi connectivity index (χ1n) is 6.99. The van der Waals surface area contributed by atoms with Crippen LogP contribution in [0.15, 0.2) is 41.5 Å². The van der Waals surface area contributed by atoms with Gasteiger partial charge < -0.3 is 4.57 Å². The Hall–Kier alpha value is -1.83. The molecule has 1 aromatic heterocycles. The van der Waals surface area contributed by atoms with Gasteiger partial charge in [-0.05, 0) is 45.4 Å². The fourth-order valence-electron chi connectivity index (χ4n) is 2.68. The highest BCUT2D eigenvalue weighted by molar-refractivity contribution is 6.16. The molecule has 3 rings (SSSR count). The third-order valence-electron chi connectivity index (χ3n) is 3.67. The van der Waals surface area contributed by atoms with E-state index in [2.05, 4.69) is 66.9 Å². The van der Waals surface area contributed by atoms with Gasteiger partial charge in [-0.3, -0.25) is 4.99 Å². The van der Waals surface area contributed by atoms with Gasteiger partial charge in [-0.25, -0.2) is 0 Å². The lowest BCUT2D eigenvalue weighted by Gasteiger charge is -2.08. The van der Waals surface area contributed by atoms with Crippen molar-refractivity contribution in [2.45, 2.75) is 33.2 Å². The molecule has 2 heteroatoms. The molecule has 0 saturated heterocycles. The van der Waals surface area contributed by atoms with E-state index >= 15 is 0 Å². The summed E-state index contributed by atoms with van der Waals surface area (Å²) in [6.45, 7) is 7.50. The van der Waals surface area contributed by atoms with Crippen LogP contribution in [0.25, 0.3) is 10.9 Å². The van der Waals surface area contributed by atoms with Crippen LogP contribution in [-0.4, -0.2) is 16.8 Å². The maximum Gasteiger partial charge on any atom is 0.0665 e. The highest BCUT2D eigenvalue weighted by Crippen LogP contribution is 2.27. The summed E-state index contributed by atoms with van der Waals surface area (Å²) in [5, 5.41) is 1.32. The van der Waals surface area contributed by atoms with Gasteiger partial charge in [0.05, 0.1) is 5.71 Å². The first-order valence-corrected chi connectivity index (χ1v) is 6.99. The maximum atomic E-state index is 4.67. The summed E-state index contributed by atoms with van der Waals surface area (Å²) in [7, 11) is 0. The van der Waals surface area contributed by atoms with Crippen LogP contribution in [0.3, 0.4) is 0 Å². The monoisotopic (exact) mass is 252 g/mol. The summed E-state index contributed by atoms with van der Waals surface area (Å²) in [6, 6.07) is 7.14. The molecule has 0 bridgehead atoms. The zero-order chi connectivity index (χ0) is 13.4. The van der Waals surface area contributed by atoms with Crippen LogP contribution in [-0.2, 0) is 0 Å². The van der Waals surface area contributed by atoms with Crippen LogP contribution >= 0.6 is 0 Å². The van der Waals surface area contributed by atoms with Crippen molar-refractivity contribution in [3.8, 4) is 0 Å². The van der Waals surface area contributed by atoms with Crippen molar-refractivity contribution in [2.75, 3.05) is 6.54 Å². The topological polar surface area (TPSA) is 17.3 Å². The van der Waals surface area contributed by atoms with Gasteiger partial charge in [0.25, 0.3) is 0 Å². The van der Waals surface area contributed by atoms with E-state index in [1.807, 2.05) is 0 Å². The summed E-state index contributed by atoms with van der Waals surface area (Å²) in [5.41, 5.74) is 5.00. The van der Waals surface area contributed by atoms with E-state index in [0.29, 0.717) is 6.04 Å². The molecule has 19 heavy (non-hydrogen) atoms. The van der Waals surface area contributed by atoms with Gasteiger partial charge in [-0.2, -0.15) is 0 Å². The van der Waals surface area contributed by atoms with Gasteiger partial charge in [-0.1, -0.05) is 17.7 Å². The average molecular weight is 252 g/mol. The van der Waals surface area contributed by atoms with E-state index < -0.39 is 0 Å². The highest BCUT2D eigenvalue weighted by atomic mass is 15.0. The van der Waals surface area contributed by atoms with Gasteiger partial charge in [0.15, 0.2) is 0 Å². The number of hydrogen-bond acceptors (Lipinski definition) is 1. The van der Waals surface area contributed by atoms with Gasteiger partial charge in [0, 0.05) is 35.2 Å². The molecule has 1 aliphatic heterocycles. The lowest BCUT2D eigenvalue weighted by molar-refractivity contribution is 0.622. The second-order valence-corrected chi connectivity index (χ2v) is 5.52. The van der Waals surface area contributed by atoms with Gasteiger partial charge in [0.2, 0.25) is 0 Å². The number of aliphatic imine (C=N–C) groups is 1. The summed E-state index contributed by atoms with van der Waals surface area (Å²) >= 11 is 0. The molecule has 98 valence electrons. The molecule has 0 atom stereocenters. The van der Waals surface area contributed by atoms with Crippen LogP contribution < -0.4 is 0 Å². The van der Waals surface area contributed by atoms with E-state index in [9.17, 15) is 0 Å². The number of nitrogens with zero attached hydrogens (tertiary/aromatic N) is 2. The first kappa shape index (κ1) is 12.2. The van der Waals surface area contributed by atoms with Crippen LogP contribution in [0, 0.1) is 6.92 Å². The van der Waals surface area contributed by atoms with Crippen molar-refractivity contribution < 1.29 is 0 Å². The molecule has 0 unspecified atom stereocenters. The minimum Gasteiger partial charge on any atom is -0.344 e. The Kier molecular flexibility index (Phi) is 3.02. The van der Waals surface area contributed by atoms with Crippen molar-refractivity contribution >= 4 is 16.6 Å². The SMILES string of the molecule is Cc1ccc2c(c1)c(C1=NCCC=C1)cn2C(C)C. The Morgan fingerprint density at radius 2 is 2.11 bits per heavy atom. The molecule has 1 aromatic carbocycles. The van der Waals surface area contributed by atoms with Crippen LogP contribution in [0.1, 0.15) is 37.4 Å². The number of aryl methyl sites for hydroxylation is 1. The Morgan fingerprint density at radius 1 is 1.26 bits per heavy atom. The van der Waals surface area contributed by atoms with Gasteiger partial charge in [0.1, 0.15) is 0 Å². The van der Waals surface area contributed by atoms with E-state index in [1.165, 1.54) is 22.0 Å². The zero-order valence-electron chi connectivity index (χ0n) is 11.9. The second-order valence-electron chi connectivity index (χ2n) is 5.52. The molecule has 0 N–H and O–H groups in total. The Morgan fingerprint density at radius 3 is 2.79 bits per heavy atom. The number of dihydropyridines is 1. The summed E-state index contributed by atoms with van der Waals surface area (Å²) in [5.74, 6) is 0. The molecule has 0 saturated carbocycles. The van der Waals surface area contributed by atoms with Crippen molar-refractivity contribution in [3.63, 3.8) is 0 Å². The highest BCUT2D eigenvalue weighted by Gasteiger charge is 2.14. The lowest BCUT2D eigenvalue weighted by atomic mass is 10.0. The summed E-state index contributed by atoms with van der Waals surface area (Å²) in [4.78, 5) is 4.67. The minimum atomic E-state index is 0.465. The normalized spacial score (nSPS) is 15.3. The summed E-state index contributed by atoms with van der Waals surface area (Å²) < 4.78 is 2.34. The smallest absolute Gasteiger partial charge is 0.0665 e. The Bertz CT molecular complexity index is 672. The molecule has 1 aliphatic rings. The van der Waals surface area contributed by atoms with Gasteiger partial charge >= 0.3 is 0 Å². The first-order chi connectivity index (χ1) is 9.16. The fraction of sp³-hybridized carbons (Fsp3) is 0.353. The van der Waals surface area contributed by atoms with E-state index in [1.54, 1.807) is 0 Å². The molecule has 0 radical (unpaired) electrons. The molecule has 2 heterocycles. The number of benzene rings is 1. The third kappa shape index (κ3) is 2.12. The van der Waals surface area contributed by atoms with Crippen molar-refractivity contribution in [2.24, 2.45) is 4.99 Å². The molecule has 0 amide bonds. The van der Waals surface area contributed by atoms with Gasteiger partial charge in [-0.15, -0.1) is 0 Å². The zero-order valence-corrected chi connectivity index (χ0v) is 11.9. The van der Waals surface area contributed by atoms with E-state index in [-0.39, 0.29) is 0 Å². The minimum absolute atomic E-state index is 0.465. The van der Waals surface area contributed by atoms with E-state index in [4.69, 9.17) is 0 Å². The number of rotatable bonds is 2. The maximum absolute atomic E-state index is 4.67. The molecule has 2 aromatic rings. The Labute approximate surface area is 114 Å². The van der Waals surface area contributed by atoms with E-state index in [0.717, 1.165) is 18.7 Å². The largest absolute Gasteiger partial charge is 0.344 e. The molecule has 2 nitrogen and oxygen atoms in total. The summed E-state index contributed by atoms with van der Waals surface area (Å²) in [6.07, 6.45) is 7.69. The molecule has 0 spiro atoms. The molecule has 0 aliphatic carbocycles. The molecular weight excluding hydrogens is 232 g/mol.